The van der Waals surface area contributed by atoms with Crippen molar-refractivity contribution in [3.8, 4) is 11.5 Å². The quantitative estimate of drug-likeness (QED) is 0.356. The van der Waals surface area contributed by atoms with E-state index in [2.05, 4.69) is 18.8 Å². The molecule has 0 radical (unpaired) electrons. The van der Waals surface area contributed by atoms with Gasteiger partial charge in [0.2, 0.25) is 0 Å². The molecule has 8 heteroatoms. The summed E-state index contributed by atoms with van der Waals surface area (Å²) in [6, 6.07) is 11.6. The highest BCUT2D eigenvalue weighted by atomic mass is 35.5. The minimum Gasteiger partial charge on any atom is -0.494 e. The highest BCUT2D eigenvalue weighted by Gasteiger charge is 2.25. The smallest absolute Gasteiger partial charge is 0.172 e. The monoisotopic (exact) mass is 492 g/mol. The first-order chi connectivity index (χ1) is 15.3. The molecular formula is C24H24Cl2NO4S-. The van der Waals surface area contributed by atoms with Crippen LogP contribution in [0.1, 0.15) is 37.8 Å². The molecule has 0 amide bonds. The van der Waals surface area contributed by atoms with Crippen molar-refractivity contribution >= 4 is 44.9 Å². The summed E-state index contributed by atoms with van der Waals surface area (Å²) in [5.41, 5.74) is 2.53. The van der Waals surface area contributed by atoms with Gasteiger partial charge in [0.25, 0.3) is 0 Å². The number of halogens is 2. The maximum Gasteiger partial charge on any atom is 0.172 e. The Hall–Kier alpha value is -2.15. The standard InChI is InChI=1S/C24H24Cl2NO4S/c1-24(2,17-10-20(25)22(29-3)21(26)11-17)16-4-6-18(7-5-16)31-13-15-12-30-14-27-23(15)32(28)19-8-9-19/h4-7,10-11,14H,8-9,12-13H2,1-3H3/q-1. The summed E-state index contributed by atoms with van der Waals surface area (Å²) in [6.07, 6.45) is 3.17. The van der Waals surface area contributed by atoms with Crippen LogP contribution in [0.2, 0.25) is 10.0 Å². The predicted octanol–water partition coefficient (Wildman–Crippen LogP) is 5.91. The maximum absolute atomic E-state index is 12.5. The molecular weight excluding hydrogens is 469 g/mol. The number of aliphatic imine (C=N–C) groups is 1. The van der Waals surface area contributed by atoms with Gasteiger partial charge in [0.15, 0.2) is 12.2 Å². The molecule has 1 fully saturated rings. The van der Waals surface area contributed by atoms with E-state index in [0.29, 0.717) is 33.2 Å². The molecule has 2 aromatic rings. The lowest BCUT2D eigenvalue weighted by atomic mass is 9.78. The van der Waals surface area contributed by atoms with Gasteiger partial charge in [0.05, 0.1) is 17.2 Å². The summed E-state index contributed by atoms with van der Waals surface area (Å²) in [6.45, 7) is 4.83. The number of hydrogen-bond acceptors (Lipinski definition) is 6. The topological polar surface area (TPSA) is 57.1 Å². The van der Waals surface area contributed by atoms with Crippen molar-refractivity contribution in [3.63, 3.8) is 0 Å². The lowest BCUT2D eigenvalue weighted by Crippen LogP contribution is -2.19. The molecule has 1 saturated carbocycles. The zero-order chi connectivity index (χ0) is 22.9. The summed E-state index contributed by atoms with van der Waals surface area (Å²) < 4.78 is 29.0. The van der Waals surface area contributed by atoms with Gasteiger partial charge >= 0.3 is 0 Å². The first-order valence-corrected chi connectivity index (χ1v) is 12.1. The zero-order valence-electron chi connectivity index (χ0n) is 18.1. The van der Waals surface area contributed by atoms with Crippen LogP contribution in [0.25, 0.3) is 0 Å². The van der Waals surface area contributed by atoms with Crippen LogP contribution < -0.4 is 9.47 Å². The minimum atomic E-state index is -1.17. The molecule has 1 aliphatic heterocycles. The Morgan fingerprint density at radius 1 is 1.09 bits per heavy atom. The summed E-state index contributed by atoms with van der Waals surface area (Å²) in [5.74, 6) is 1.18. The van der Waals surface area contributed by atoms with Gasteiger partial charge in [-0.05, 0) is 40.4 Å². The van der Waals surface area contributed by atoms with Crippen molar-refractivity contribution in [1.82, 2.24) is 0 Å². The molecule has 32 heavy (non-hydrogen) atoms. The van der Waals surface area contributed by atoms with E-state index in [0.717, 1.165) is 34.4 Å². The van der Waals surface area contributed by atoms with Gasteiger partial charge in [-0.25, -0.2) is 15.4 Å². The number of benzene rings is 2. The average Bonchev–Trinajstić information content (AvgIpc) is 3.63. The highest BCUT2D eigenvalue weighted by molar-refractivity contribution is 7.89. The van der Waals surface area contributed by atoms with Gasteiger partial charge < -0.3 is 18.4 Å². The Labute approximate surface area is 200 Å². The largest absolute Gasteiger partial charge is 0.494 e. The lowest BCUT2D eigenvalue weighted by molar-refractivity contribution is 0.295. The maximum atomic E-state index is 12.5. The molecule has 5 nitrogen and oxygen atoms in total. The van der Waals surface area contributed by atoms with Crippen molar-refractivity contribution < 1.29 is 18.4 Å². The Morgan fingerprint density at radius 2 is 1.75 bits per heavy atom. The molecule has 1 aliphatic carbocycles. The van der Waals surface area contributed by atoms with E-state index in [4.69, 9.17) is 37.4 Å². The van der Waals surface area contributed by atoms with Crippen LogP contribution in [0.3, 0.4) is 0 Å². The number of ether oxygens (including phenoxy) is 3. The van der Waals surface area contributed by atoms with Gasteiger partial charge in [0, 0.05) is 11.0 Å². The third kappa shape index (κ3) is 4.77. The van der Waals surface area contributed by atoms with E-state index >= 15 is 0 Å². The summed E-state index contributed by atoms with van der Waals surface area (Å²) in [4.78, 5) is 5.22. The molecule has 2 aromatic carbocycles. The van der Waals surface area contributed by atoms with E-state index in [1.807, 2.05) is 36.4 Å². The van der Waals surface area contributed by atoms with Crippen molar-refractivity contribution in [1.29, 1.82) is 0 Å². The van der Waals surface area contributed by atoms with Crippen LogP contribution in [-0.2, 0) is 24.7 Å². The average molecular weight is 493 g/mol. The Kier molecular flexibility index (Phi) is 6.75. The first-order valence-electron chi connectivity index (χ1n) is 10.2. The fourth-order valence-electron chi connectivity index (χ4n) is 3.45. The van der Waals surface area contributed by atoms with Crippen LogP contribution in [0, 0.1) is 0 Å². The summed E-state index contributed by atoms with van der Waals surface area (Å²) in [7, 11) is 0.375. The van der Waals surface area contributed by atoms with Crippen molar-refractivity contribution in [2.45, 2.75) is 32.1 Å². The molecule has 2 aliphatic rings. The Morgan fingerprint density at radius 3 is 2.34 bits per heavy atom. The normalized spacial score (nSPS) is 15.8. The second-order valence-corrected chi connectivity index (χ2v) is 10.5. The fraction of sp³-hybridized carbons (Fsp3) is 0.333. The van der Waals surface area contributed by atoms with Crippen LogP contribution in [-0.4, -0.2) is 31.6 Å². The Balaban J connectivity index is 1.51. The molecule has 0 spiro atoms. The van der Waals surface area contributed by atoms with Gasteiger partial charge in [-0.2, -0.15) is 4.86 Å². The number of methoxy groups -OCH3 is 1. The van der Waals surface area contributed by atoms with E-state index in [-0.39, 0.29) is 12.0 Å². The molecule has 0 saturated heterocycles. The number of nitrogens with zero attached hydrogens (tertiary/aromatic N) is 1. The van der Waals surface area contributed by atoms with Gasteiger partial charge in [0.1, 0.15) is 19.0 Å². The second kappa shape index (κ2) is 9.38. The van der Waals surface area contributed by atoms with Crippen LogP contribution in [0.4, 0.5) is 0 Å². The molecule has 1 heterocycles. The van der Waals surface area contributed by atoms with Crippen molar-refractivity contribution in [2.24, 2.45) is 4.99 Å². The SMILES string of the molecule is COc1c(Cl)cc(C(C)(C)c2ccc(OCC3=C([S-](=O)=C4CC4)N=COC3)cc2)cc1Cl. The number of rotatable bonds is 7. The van der Waals surface area contributed by atoms with Crippen molar-refractivity contribution in [2.75, 3.05) is 20.3 Å². The van der Waals surface area contributed by atoms with E-state index in [1.165, 1.54) is 6.40 Å². The van der Waals surface area contributed by atoms with Gasteiger partial charge in [-0.3, -0.25) is 0 Å². The second-order valence-electron chi connectivity index (χ2n) is 8.17. The molecule has 0 atom stereocenters. The molecule has 170 valence electrons. The minimum absolute atomic E-state index is 0.276. The van der Waals surface area contributed by atoms with Gasteiger partial charge in [-0.1, -0.05) is 62.0 Å². The highest BCUT2D eigenvalue weighted by Crippen LogP contribution is 2.40. The first kappa shape index (κ1) is 23.0. The zero-order valence-corrected chi connectivity index (χ0v) is 20.4. The molecule has 4 rings (SSSR count). The third-order valence-corrected chi connectivity index (χ3v) is 7.85. The van der Waals surface area contributed by atoms with Crippen LogP contribution in [0.15, 0.2) is 52.0 Å². The summed E-state index contributed by atoms with van der Waals surface area (Å²) >= 11 is 12.7. The van der Waals surface area contributed by atoms with Crippen molar-refractivity contribution in [3.05, 3.63) is 68.2 Å². The van der Waals surface area contributed by atoms with E-state index < -0.39 is 10.4 Å². The fourth-order valence-corrected chi connectivity index (χ4v) is 5.36. The molecule has 0 unspecified atom stereocenters. The van der Waals surface area contributed by atoms with E-state index in [9.17, 15) is 4.21 Å². The van der Waals surface area contributed by atoms with Gasteiger partial charge in [-0.15, -0.1) is 0 Å². The third-order valence-electron chi connectivity index (χ3n) is 5.61. The van der Waals surface area contributed by atoms with Crippen LogP contribution >= 0.6 is 23.2 Å². The lowest BCUT2D eigenvalue weighted by Gasteiger charge is -2.27. The summed E-state index contributed by atoms with van der Waals surface area (Å²) in [5, 5.41) is 1.52. The molecule has 0 aromatic heterocycles. The number of hydrogen-bond donors (Lipinski definition) is 0. The molecule has 0 N–H and O–H groups in total. The molecule has 0 bridgehead atoms. The Bertz CT molecular complexity index is 1150. The van der Waals surface area contributed by atoms with Crippen LogP contribution in [0.5, 0.6) is 11.5 Å². The van der Waals surface area contributed by atoms with E-state index in [1.54, 1.807) is 7.11 Å². The predicted molar refractivity (Wildman–Crippen MR) is 131 cm³/mol.